The molecule has 0 bridgehead atoms. The standard InChI is InChI=1S/C26H53NO/c1-2-3-4-5-6-7-8-9-10-11-12-13-14-15-16-17-18-19-20-21-22-27-23-25-28-26-24-27/h2-26H2,1H3. The molecule has 0 saturated carbocycles. The lowest BCUT2D eigenvalue weighted by Crippen LogP contribution is -2.36. The molecule has 0 unspecified atom stereocenters. The fourth-order valence-electron chi connectivity index (χ4n) is 4.42. The van der Waals surface area contributed by atoms with Gasteiger partial charge >= 0.3 is 0 Å². The van der Waals surface area contributed by atoms with E-state index in [1.54, 1.807) is 0 Å². The third kappa shape index (κ3) is 18.0. The van der Waals surface area contributed by atoms with Crippen molar-refractivity contribution in [3.63, 3.8) is 0 Å². The van der Waals surface area contributed by atoms with Crippen LogP contribution < -0.4 is 0 Å². The quantitative estimate of drug-likeness (QED) is 0.182. The maximum Gasteiger partial charge on any atom is 0.0594 e. The van der Waals surface area contributed by atoms with Crippen LogP contribution in [0, 0.1) is 0 Å². The van der Waals surface area contributed by atoms with Crippen LogP contribution in [-0.4, -0.2) is 37.7 Å². The summed E-state index contributed by atoms with van der Waals surface area (Å²) in [4.78, 5) is 2.57. The van der Waals surface area contributed by atoms with Gasteiger partial charge in [0.05, 0.1) is 13.2 Å². The Morgan fingerprint density at radius 2 is 0.786 bits per heavy atom. The smallest absolute Gasteiger partial charge is 0.0594 e. The number of morpholine rings is 1. The average molecular weight is 396 g/mol. The van der Waals surface area contributed by atoms with Crippen molar-refractivity contribution in [3.05, 3.63) is 0 Å². The summed E-state index contributed by atoms with van der Waals surface area (Å²) in [6.07, 6.45) is 29.2. The molecule has 2 heteroatoms. The van der Waals surface area contributed by atoms with Crippen molar-refractivity contribution < 1.29 is 4.74 Å². The lowest BCUT2D eigenvalue weighted by atomic mass is 10.0. The first kappa shape index (κ1) is 26.0. The second-order valence-electron chi connectivity index (χ2n) is 9.17. The predicted octanol–water partition coefficient (Wildman–Crippen LogP) is 8.14. The molecule has 1 heterocycles. The van der Waals surface area contributed by atoms with Crippen LogP contribution in [-0.2, 0) is 4.74 Å². The molecule has 0 aromatic rings. The van der Waals surface area contributed by atoms with Crippen LogP contribution in [0.3, 0.4) is 0 Å². The maximum absolute atomic E-state index is 5.40. The van der Waals surface area contributed by atoms with Crippen molar-refractivity contribution in [3.8, 4) is 0 Å². The zero-order valence-corrected chi connectivity index (χ0v) is 19.5. The molecule has 1 aliphatic rings. The van der Waals surface area contributed by atoms with Crippen molar-refractivity contribution in [2.75, 3.05) is 32.8 Å². The largest absolute Gasteiger partial charge is 0.379 e. The van der Waals surface area contributed by atoms with Gasteiger partial charge in [-0.2, -0.15) is 0 Å². The average Bonchev–Trinajstić information content (AvgIpc) is 2.73. The van der Waals surface area contributed by atoms with Gasteiger partial charge in [0.25, 0.3) is 0 Å². The lowest BCUT2D eigenvalue weighted by molar-refractivity contribution is 0.0371. The normalized spacial score (nSPS) is 15.3. The third-order valence-electron chi connectivity index (χ3n) is 6.43. The van der Waals surface area contributed by atoms with Gasteiger partial charge in [-0.3, -0.25) is 4.90 Å². The molecule has 1 saturated heterocycles. The van der Waals surface area contributed by atoms with E-state index in [0.29, 0.717) is 0 Å². The van der Waals surface area contributed by atoms with Gasteiger partial charge in [0.2, 0.25) is 0 Å². The van der Waals surface area contributed by atoms with E-state index < -0.39 is 0 Å². The van der Waals surface area contributed by atoms with Crippen LogP contribution in [0.25, 0.3) is 0 Å². The zero-order valence-electron chi connectivity index (χ0n) is 19.5. The van der Waals surface area contributed by atoms with E-state index >= 15 is 0 Å². The van der Waals surface area contributed by atoms with E-state index in [9.17, 15) is 0 Å². The molecule has 28 heavy (non-hydrogen) atoms. The summed E-state index contributed by atoms with van der Waals surface area (Å²) in [5.41, 5.74) is 0. The van der Waals surface area contributed by atoms with E-state index in [1.807, 2.05) is 0 Å². The first-order chi connectivity index (χ1) is 13.9. The second-order valence-corrected chi connectivity index (χ2v) is 9.17. The van der Waals surface area contributed by atoms with Crippen molar-refractivity contribution in [1.82, 2.24) is 4.90 Å². The number of ether oxygens (including phenoxy) is 1. The molecule has 0 aliphatic carbocycles. The summed E-state index contributed by atoms with van der Waals surface area (Å²) in [6, 6.07) is 0. The van der Waals surface area contributed by atoms with Crippen LogP contribution in [0.5, 0.6) is 0 Å². The van der Waals surface area contributed by atoms with Crippen molar-refractivity contribution in [2.45, 2.75) is 135 Å². The zero-order chi connectivity index (χ0) is 20.0. The summed E-state index contributed by atoms with van der Waals surface area (Å²) < 4.78 is 5.40. The Hall–Kier alpha value is -0.0800. The van der Waals surface area contributed by atoms with Crippen molar-refractivity contribution in [1.29, 1.82) is 0 Å². The highest BCUT2D eigenvalue weighted by Crippen LogP contribution is 2.15. The fourth-order valence-corrected chi connectivity index (χ4v) is 4.42. The number of unbranched alkanes of at least 4 members (excludes halogenated alkanes) is 19. The van der Waals surface area contributed by atoms with Crippen LogP contribution in [0.2, 0.25) is 0 Å². The van der Waals surface area contributed by atoms with Gasteiger partial charge < -0.3 is 4.74 Å². The Morgan fingerprint density at radius 1 is 0.464 bits per heavy atom. The Morgan fingerprint density at radius 3 is 1.14 bits per heavy atom. The molecular formula is C26H53NO. The van der Waals surface area contributed by atoms with E-state index in [2.05, 4.69) is 11.8 Å². The molecule has 0 aromatic heterocycles. The minimum atomic E-state index is 0.944. The first-order valence-electron chi connectivity index (χ1n) is 13.2. The molecule has 1 aliphatic heterocycles. The monoisotopic (exact) mass is 395 g/mol. The molecule has 0 atom stereocenters. The predicted molar refractivity (Wildman–Crippen MR) is 125 cm³/mol. The Labute approximate surface area is 178 Å². The van der Waals surface area contributed by atoms with Crippen LogP contribution >= 0.6 is 0 Å². The number of hydrogen-bond acceptors (Lipinski definition) is 2. The highest BCUT2D eigenvalue weighted by atomic mass is 16.5. The number of hydrogen-bond donors (Lipinski definition) is 0. The van der Waals surface area contributed by atoms with Crippen molar-refractivity contribution in [2.24, 2.45) is 0 Å². The summed E-state index contributed by atoms with van der Waals surface area (Å²) >= 11 is 0. The molecule has 2 nitrogen and oxygen atoms in total. The highest BCUT2D eigenvalue weighted by Gasteiger charge is 2.08. The first-order valence-corrected chi connectivity index (χ1v) is 13.2. The van der Waals surface area contributed by atoms with Crippen molar-refractivity contribution >= 4 is 0 Å². The van der Waals surface area contributed by atoms with Gasteiger partial charge in [0.15, 0.2) is 0 Å². The molecular weight excluding hydrogens is 342 g/mol. The molecule has 0 spiro atoms. The number of rotatable bonds is 21. The van der Waals surface area contributed by atoms with E-state index in [1.165, 1.54) is 135 Å². The topological polar surface area (TPSA) is 12.5 Å². The van der Waals surface area contributed by atoms with E-state index in [4.69, 9.17) is 4.74 Å². The summed E-state index contributed by atoms with van der Waals surface area (Å²) in [7, 11) is 0. The fraction of sp³-hybridized carbons (Fsp3) is 1.00. The van der Waals surface area contributed by atoms with Gasteiger partial charge in [-0.25, -0.2) is 0 Å². The Balaban J connectivity index is 1.64. The molecule has 0 amide bonds. The van der Waals surface area contributed by atoms with Gasteiger partial charge in [-0.15, -0.1) is 0 Å². The van der Waals surface area contributed by atoms with Crippen LogP contribution in [0.4, 0.5) is 0 Å². The Kier molecular flexibility index (Phi) is 20.0. The second kappa shape index (κ2) is 21.6. The minimum absolute atomic E-state index is 0.944. The molecule has 168 valence electrons. The minimum Gasteiger partial charge on any atom is -0.379 e. The van der Waals surface area contributed by atoms with E-state index in [-0.39, 0.29) is 0 Å². The molecule has 1 rings (SSSR count). The van der Waals surface area contributed by atoms with Gasteiger partial charge in [-0.05, 0) is 13.0 Å². The SMILES string of the molecule is CCCCCCCCCCCCCCCCCCCCCCN1CCOCC1. The molecule has 0 radical (unpaired) electrons. The third-order valence-corrected chi connectivity index (χ3v) is 6.43. The van der Waals surface area contributed by atoms with Gasteiger partial charge in [0, 0.05) is 13.1 Å². The lowest BCUT2D eigenvalue weighted by Gasteiger charge is -2.26. The summed E-state index contributed by atoms with van der Waals surface area (Å²) in [5, 5.41) is 0. The number of nitrogens with zero attached hydrogens (tertiary/aromatic N) is 1. The van der Waals surface area contributed by atoms with Crippen LogP contribution in [0.1, 0.15) is 135 Å². The molecule has 0 N–H and O–H groups in total. The molecule has 0 aromatic carbocycles. The summed E-state index contributed by atoms with van der Waals surface area (Å²) in [5.74, 6) is 0. The van der Waals surface area contributed by atoms with E-state index in [0.717, 1.165) is 26.3 Å². The molecule has 1 fully saturated rings. The highest BCUT2D eigenvalue weighted by molar-refractivity contribution is 4.61. The Bertz CT molecular complexity index is 288. The van der Waals surface area contributed by atoms with Crippen LogP contribution in [0.15, 0.2) is 0 Å². The maximum atomic E-state index is 5.40. The summed E-state index contributed by atoms with van der Waals surface area (Å²) in [6.45, 7) is 7.79. The van der Waals surface area contributed by atoms with Gasteiger partial charge in [-0.1, -0.05) is 129 Å². The van der Waals surface area contributed by atoms with Gasteiger partial charge in [0.1, 0.15) is 0 Å².